The molecule has 1 aliphatic rings. The van der Waals surface area contributed by atoms with Gasteiger partial charge in [0.05, 0.1) is 11.8 Å². The first-order valence-electron chi connectivity index (χ1n) is 12.8. The van der Waals surface area contributed by atoms with Gasteiger partial charge in [-0.2, -0.15) is 0 Å². The molecule has 0 saturated heterocycles. The van der Waals surface area contributed by atoms with Crippen molar-refractivity contribution >= 4 is 17.7 Å². The Morgan fingerprint density at radius 1 is 1.16 bits per heavy atom. The number of carbonyl (C=O) groups is 2. The van der Waals surface area contributed by atoms with Gasteiger partial charge in [0.1, 0.15) is 11.9 Å². The number of para-hydroxylation sites is 1. The average molecular weight is 519 g/mol. The van der Waals surface area contributed by atoms with Crippen molar-refractivity contribution in [3.05, 3.63) is 47.1 Å². The molecule has 0 unspecified atom stereocenters. The lowest BCUT2D eigenvalue weighted by molar-refractivity contribution is -0.112. The Kier molecular flexibility index (Phi) is 11.6. The number of amides is 2. The summed E-state index contributed by atoms with van der Waals surface area (Å²) in [6, 6.07) is 5.18. The number of carbonyl (C=O) groups excluding carboxylic acids is 2. The van der Waals surface area contributed by atoms with E-state index < -0.39 is 30.1 Å². The second-order valence-corrected chi connectivity index (χ2v) is 10.3. The number of aliphatic hydroxyl groups excluding tert-OH is 3. The highest BCUT2D eigenvalue weighted by atomic mass is 16.6. The number of fused-ring (bicyclic) bond motifs is 2. The molecule has 0 spiro atoms. The summed E-state index contributed by atoms with van der Waals surface area (Å²) in [5, 5.41) is 44.7. The lowest BCUT2D eigenvalue weighted by Crippen LogP contribution is -2.34. The van der Waals surface area contributed by atoms with Crippen LogP contribution in [0.4, 0.5) is 10.5 Å². The second-order valence-electron chi connectivity index (χ2n) is 10.3. The number of anilines is 1. The molecular formula is C28H42N2O7. The number of aromatic hydroxyl groups is 1. The van der Waals surface area contributed by atoms with Crippen LogP contribution in [0.5, 0.6) is 5.75 Å². The van der Waals surface area contributed by atoms with E-state index in [1.165, 1.54) is 0 Å². The highest BCUT2D eigenvalue weighted by molar-refractivity contribution is 6.04. The minimum Gasteiger partial charge on any atom is -0.505 e. The number of hydrogen-bond donors (Lipinski definition) is 6. The lowest BCUT2D eigenvalue weighted by atomic mass is 9.82. The van der Waals surface area contributed by atoms with Gasteiger partial charge in [-0.1, -0.05) is 38.1 Å². The molecule has 2 bridgehead atoms. The van der Waals surface area contributed by atoms with Crippen molar-refractivity contribution in [2.75, 3.05) is 18.5 Å². The van der Waals surface area contributed by atoms with Crippen LogP contribution >= 0.6 is 0 Å². The van der Waals surface area contributed by atoms with E-state index in [4.69, 9.17) is 10.5 Å². The van der Waals surface area contributed by atoms with Crippen LogP contribution in [0, 0.1) is 23.7 Å². The fourth-order valence-corrected chi connectivity index (χ4v) is 5.04. The minimum absolute atomic E-state index is 0.00627. The minimum atomic E-state index is -0.975. The van der Waals surface area contributed by atoms with Crippen LogP contribution in [0.3, 0.4) is 0 Å². The molecule has 0 radical (unpaired) electrons. The fourth-order valence-electron chi connectivity index (χ4n) is 5.04. The van der Waals surface area contributed by atoms with Crippen LogP contribution < -0.4 is 11.1 Å². The van der Waals surface area contributed by atoms with E-state index in [1.54, 1.807) is 44.2 Å². The highest BCUT2D eigenvalue weighted by Crippen LogP contribution is 2.32. The zero-order valence-electron chi connectivity index (χ0n) is 22.2. The van der Waals surface area contributed by atoms with Crippen LogP contribution in [0.25, 0.3) is 0 Å². The summed E-state index contributed by atoms with van der Waals surface area (Å²) in [7, 11) is 0. The maximum absolute atomic E-state index is 12.8. The Morgan fingerprint density at radius 3 is 2.46 bits per heavy atom. The van der Waals surface area contributed by atoms with E-state index in [-0.39, 0.29) is 36.7 Å². The van der Waals surface area contributed by atoms with Crippen LogP contribution in [0.15, 0.2) is 41.5 Å². The summed E-state index contributed by atoms with van der Waals surface area (Å²) >= 11 is 0. The van der Waals surface area contributed by atoms with Crippen molar-refractivity contribution in [2.24, 2.45) is 29.4 Å². The van der Waals surface area contributed by atoms with Gasteiger partial charge in [-0.05, 0) is 62.7 Å². The normalized spacial score (nSPS) is 31.4. The highest BCUT2D eigenvalue weighted by Gasteiger charge is 2.29. The number of hydrogen-bond acceptors (Lipinski definition) is 7. The molecule has 0 saturated carbocycles. The van der Waals surface area contributed by atoms with Gasteiger partial charge in [-0.3, -0.25) is 4.79 Å². The van der Waals surface area contributed by atoms with Gasteiger partial charge in [0.2, 0.25) is 0 Å². The van der Waals surface area contributed by atoms with Crippen molar-refractivity contribution in [1.29, 1.82) is 0 Å². The van der Waals surface area contributed by atoms with Crippen LogP contribution in [0.1, 0.15) is 52.5 Å². The molecule has 1 aromatic carbocycles. The molecule has 2 rings (SSSR count). The second kappa shape index (κ2) is 14.2. The molecule has 37 heavy (non-hydrogen) atoms. The van der Waals surface area contributed by atoms with Crippen molar-refractivity contribution in [3.63, 3.8) is 0 Å². The molecular weight excluding hydrogens is 476 g/mol. The third-order valence-corrected chi connectivity index (χ3v) is 7.12. The number of nitrogens with one attached hydrogen (secondary N) is 1. The van der Waals surface area contributed by atoms with Gasteiger partial charge in [0.15, 0.2) is 0 Å². The first-order chi connectivity index (χ1) is 17.5. The molecule has 0 aliphatic carbocycles. The number of ether oxygens (including phenoxy) is 1. The van der Waals surface area contributed by atoms with Gasteiger partial charge in [-0.25, -0.2) is 4.79 Å². The number of nitrogens with two attached hydrogens (primary N) is 1. The molecule has 2 amide bonds. The van der Waals surface area contributed by atoms with Crippen LogP contribution in [-0.2, 0) is 16.0 Å². The van der Waals surface area contributed by atoms with E-state index in [0.717, 1.165) is 0 Å². The molecule has 1 heterocycles. The van der Waals surface area contributed by atoms with Crippen molar-refractivity contribution < 1.29 is 34.8 Å². The standard InChI is InChI=1S/C28H42N2O7/c1-16-11-20-8-6-10-23(25(20)34)30-27(35)17(2)7-5-9-21(14-31)26(37-28(29)36)19(4)13-18(3)24(33)22(12-16)15-32/h6-8,10,13,16,18,21-22,24,26,31-34H,5,9,11-12,14-15H2,1-4H3,(H2,29,36)(H,30,35)/b17-7+,19-13+/t16-,18+,21-,22-,24-,26+/m1/s1. The van der Waals surface area contributed by atoms with Crippen molar-refractivity contribution in [3.8, 4) is 5.75 Å². The van der Waals surface area contributed by atoms with Gasteiger partial charge >= 0.3 is 6.09 Å². The number of benzene rings is 1. The Balaban J connectivity index is 2.48. The summed E-state index contributed by atoms with van der Waals surface area (Å²) in [5.41, 5.74) is 7.35. The Hall–Kier alpha value is -2.88. The average Bonchev–Trinajstić information content (AvgIpc) is 2.85. The van der Waals surface area contributed by atoms with E-state index in [1.807, 2.05) is 13.8 Å². The number of rotatable bonds is 3. The summed E-state index contributed by atoms with van der Waals surface area (Å²) < 4.78 is 5.36. The van der Waals surface area contributed by atoms with Crippen molar-refractivity contribution in [2.45, 2.75) is 65.6 Å². The number of phenolic OH excluding ortho intramolecular Hbond substituents is 1. The molecule has 9 nitrogen and oxygen atoms in total. The maximum Gasteiger partial charge on any atom is 0.405 e. The van der Waals surface area contributed by atoms with Crippen molar-refractivity contribution in [1.82, 2.24) is 0 Å². The third kappa shape index (κ3) is 8.59. The molecule has 6 atom stereocenters. The Morgan fingerprint density at radius 2 is 1.84 bits per heavy atom. The van der Waals surface area contributed by atoms with Crippen LogP contribution in [0.2, 0.25) is 0 Å². The SMILES string of the molecule is C/C1=C\CC[C@H](CO)[C@@H](OC(N)=O)/C(C)=C/[C@H](C)[C@@H](O)[C@@H](CO)C[C@H](C)Cc2cccc(c2O)NC1=O. The monoisotopic (exact) mass is 518 g/mol. The quantitative estimate of drug-likeness (QED) is 0.264. The topological polar surface area (TPSA) is 162 Å². The van der Waals surface area contributed by atoms with Gasteiger partial charge in [-0.15, -0.1) is 0 Å². The largest absolute Gasteiger partial charge is 0.505 e. The smallest absolute Gasteiger partial charge is 0.405 e. The number of aliphatic hydroxyl groups is 3. The molecule has 206 valence electrons. The number of allylic oxidation sites excluding steroid dienone is 1. The molecule has 7 N–H and O–H groups in total. The van der Waals surface area contributed by atoms with E-state index in [0.29, 0.717) is 48.1 Å². The van der Waals surface area contributed by atoms with E-state index in [9.17, 15) is 30.0 Å². The molecule has 1 aromatic rings. The van der Waals surface area contributed by atoms with Crippen LogP contribution in [-0.4, -0.2) is 57.8 Å². The molecule has 9 heteroatoms. The summed E-state index contributed by atoms with van der Waals surface area (Å²) in [6.07, 6.45) is 2.65. The molecule has 1 aliphatic heterocycles. The first-order valence-corrected chi connectivity index (χ1v) is 12.8. The zero-order valence-corrected chi connectivity index (χ0v) is 22.2. The predicted octanol–water partition coefficient (Wildman–Crippen LogP) is 3.26. The van der Waals surface area contributed by atoms with Gasteiger partial charge in [0, 0.05) is 36.5 Å². The molecule has 0 aromatic heterocycles. The molecule has 0 fully saturated rings. The van der Waals surface area contributed by atoms with E-state index in [2.05, 4.69) is 5.32 Å². The van der Waals surface area contributed by atoms with Gasteiger partial charge in [0.25, 0.3) is 5.91 Å². The summed E-state index contributed by atoms with van der Waals surface area (Å²) in [5.74, 6) is -1.67. The third-order valence-electron chi connectivity index (χ3n) is 7.12. The summed E-state index contributed by atoms with van der Waals surface area (Å²) in [6.45, 7) is 6.70. The predicted molar refractivity (Wildman–Crippen MR) is 142 cm³/mol. The fraction of sp³-hybridized carbons (Fsp3) is 0.571. The van der Waals surface area contributed by atoms with E-state index >= 15 is 0 Å². The maximum atomic E-state index is 12.8. The Bertz CT molecular complexity index is 991. The number of primary amides is 1. The van der Waals surface area contributed by atoms with Gasteiger partial charge < -0.3 is 36.2 Å². The summed E-state index contributed by atoms with van der Waals surface area (Å²) in [4.78, 5) is 24.4. The first kappa shape index (κ1) is 30.3. The number of phenols is 1. The lowest BCUT2D eigenvalue weighted by Gasteiger charge is -2.30. The zero-order chi connectivity index (χ0) is 27.7. The Labute approximate surface area is 219 Å².